The van der Waals surface area contributed by atoms with Gasteiger partial charge in [0.25, 0.3) is 0 Å². The number of benzene rings is 1. The van der Waals surface area contributed by atoms with Gasteiger partial charge in [-0.2, -0.15) is 0 Å². The van der Waals surface area contributed by atoms with Crippen molar-refractivity contribution in [3.8, 4) is 11.5 Å². The smallest absolute Gasteiger partial charge is 0.306 e. The van der Waals surface area contributed by atoms with Crippen molar-refractivity contribution < 1.29 is 19.0 Å². The molecule has 124 valence electrons. The van der Waals surface area contributed by atoms with E-state index < -0.39 is 0 Å². The summed E-state index contributed by atoms with van der Waals surface area (Å²) in [5, 5.41) is 0.501. The molecule has 4 rings (SSSR count). The van der Waals surface area contributed by atoms with E-state index in [0.29, 0.717) is 42.1 Å². The van der Waals surface area contributed by atoms with E-state index in [1.807, 2.05) is 6.07 Å². The number of rotatable bonds is 4. The number of hydrogen-bond acceptors (Lipinski definition) is 4. The van der Waals surface area contributed by atoms with Gasteiger partial charge < -0.3 is 14.2 Å². The molecular weight excluding hydrogens is 316 g/mol. The fourth-order valence-electron chi connectivity index (χ4n) is 4.31. The third-order valence-electron chi connectivity index (χ3n) is 5.37. The number of fused-ring (bicyclic) bond motifs is 3. The second-order valence-corrected chi connectivity index (χ2v) is 7.31. The summed E-state index contributed by atoms with van der Waals surface area (Å²) in [5.74, 6) is 3.24. The van der Waals surface area contributed by atoms with Crippen molar-refractivity contribution in [2.75, 3.05) is 13.2 Å². The first-order valence-electron chi connectivity index (χ1n) is 8.42. The van der Waals surface area contributed by atoms with Gasteiger partial charge in [0.1, 0.15) is 19.8 Å². The van der Waals surface area contributed by atoms with Crippen LogP contribution in [0.2, 0.25) is 5.02 Å². The largest absolute Gasteiger partial charge is 0.486 e. The third-order valence-corrected chi connectivity index (χ3v) is 5.65. The van der Waals surface area contributed by atoms with Gasteiger partial charge in [-0.3, -0.25) is 4.79 Å². The van der Waals surface area contributed by atoms with E-state index in [4.69, 9.17) is 25.8 Å². The summed E-state index contributed by atoms with van der Waals surface area (Å²) in [7, 11) is 0. The molecular formula is C18H21ClO4. The van der Waals surface area contributed by atoms with Crippen LogP contribution in [0, 0.1) is 17.8 Å². The lowest BCUT2D eigenvalue weighted by Gasteiger charge is -2.21. The average molecular weight is 337 g/mol. The minimum absolute atomic E-state index is 0.103. The molecule has 2 fully saturated rings. The number of carbonyl (C=O) groups is 1. The normalized spacial score (nSPS) is 28.0. The molecule has 1 heterocycles. The Morgan fingerprint density at radius 3 is 2.87 bits per heavy atom. The van der Waals surface area contributed by atoms with Gasteiger partial charge in [-0.15, -0.1) is 0 Å². The molecule has 2 aliphatic carbocycles. The van der Waals surface area contributed by atoms with E-state index in [9.17, 15) is 4.79 Å². The molecule has 1 aromatic rings. The lowest BCUT2D eigenvalue weighted by atomic mass is 9.86. The van der Waals surface area contributed by atoms with E-state index in [2.05, 4.69) is 0 Å². The zero-order chi connectivity index (χ0) is 15.8. The van der Waals surface area contributed by atoms with E-state index in [-0.39, 0.29) is 12.6 Å². The molecule has 3 aliphatic rings. The standard InChI is InChI=1S/C18H21ClO4/c19-15-7-12(8-16-18(15)22-4-3-21-16)10-23-17(20)9-14-6-11-1-2-13(14)5-11/h7-8,11,13-14H,1-6,9-10H2/t11-,13+,14-/m0/s1. The number of carbonyl (C=O) groups excluding carboxylic acids is 1. The molecule has 23 heavy (non-hydrogen) atoms. The molecule has 3 atom stereocenters. The van der Waals surface area contributed by atoms with Crippen molar-refractivity contribution in [3.63, 3.8) is 0 Å². The van der Waals surface area contributed by atoms with Gasteiger partial charge in [0.05, 0.1) is 5.02 Å². The van der Waals surface area contributed by atoms with Crippen LogP contribution in [-0.2, 0) is 16.1 Å². The van der Waals surface area contributed by atoms with Crippen molar-refractivity contribution >= 4 is 17.6 Å². The Morgan fingerprint density at radius 2 is 2.09 bits per heavy atom. The van der Waals surface area contributed by atoms with Crippen molar-refractivity contribution in [1.82, 2.24) is 0 Å². The van der Waals surface area contributed by atoms with Gasteiger partial charge in [0.15, 0.2) is 11.5 Å². The third kappa shape index (κ3) is 3.14. The highest BCUT2D eigenvalue weighted by atomic mass is 35.5. The van der Waals surface area contributed by atoms with E-state index in [0.717, 1.165) is 17.4 Å². The Bertz CT molecular complexity index is 615. The maximum Gasteiger partial charge on any atom is 0.306 e. The fourth-order valence-corrected chi connectivity index (χ4v) is 4.60. The number of halogens is 1. The Morgan fingerprint density at radius 1 is 1.22 bits per heavy atom. The predicted octanol–water partition coefficient (Wildman–Crippen LogP) is 3.98. The second kappa shape index (κ2) is 6.23. The highest BCUT2D eigenvalue weighted by Gasteiger charge is 2.40. The lowest BCUT2D eigenvalue weighted by Crippen LogP contribution is -2.17. The Balaban J connectivity index is 1.33. The molecule has 1 aromatic carbocycles. The molecule has 0 saturated heterocycles. The van der Waals surface area contributed by atoms with Gasteiger partial charge in [-0.1, -0.05) is 18.0 Å². The molecule has 2 bridgehead atoms. The average Bonchev–Trinajstić information content (AvgIpc) is 3.16. The molecule has 1 aliphatic heterocycles. The van der Waals surface area contributed by atoms with E-state index in [1.165, 1.54) is 25.7 Å². The number of ether oxygens (including phenoxy) is 3. The zero-order valence-electron chi connectivity index (χ0n) is 13.1. The van der Waals surface area contributed by atoms with Crippen LogP contribution in [0.3, 0.4) is 0 Å². The lowest BCUT2D eigenvalue weighted by molar-refractivity contribution is -0.146. The minimum Gasteiger partial charge on any atom is -0.486 e. The first-order chi connectivity index (χ1) is 11.2. The van der Waals surface area contributed by atoms with Gasteiger partial charge >= 0.3 is 5.97 Å². The van der Waals surface area contributed by atoms with Gasteiger partial charge in [0.2, 0.25) is 0 Å². The van der Waals surface area contributed by atoms with Crippen molar-refractivity contribution in [2.24, 2.45) is 17.8 Å². The van der Waals surface area contributed by atoms with E-state index in [1.54, 1.807) is 6.07 Å². The van der Waals surface area contributed by atoms with Crippen molar-refractivity contribution in [3.05, 3.63) is 22.7 Å². The fraction of sp³-hybridized carbons (Fsp3) is 0.611. The number of esters is 1. The summed E-state index contributed by atoms with van der Waals surface area (Å²) in [6.45, 7) is 1.25. The summed E-state index contributed by atoms with van der Waals surface area (Å²) in [6, 6.07) is 3.62. The van der Waals surface area contributed by atoms with Crippen LogP contribution >= 0.6 is 11.6 Å². The maximum absolute atomic E-state index is 12.1. The summed E-state index contributed by atoms with van der Waals surface area (Å²) in [4.78, 5) is 12.1. The molecule has 0 unspecified atom stereocenters. The summed E-state index contributed by atoms with van der Waals surface area (Å²) >= 11 is 6.20. The van der Waals surface area contributed by atoms with Gasteiger partial charge in [-0.25, -0.2) is 0 Å². The van der Waals surface area contributed by atoms with Crippen molar-refractivity contribution in [1.29, 1.82) is 0 Å². The van der Waals surface area contributed by atoms with Gasteiger partial charge in [0, 0.05) is 6.42 Å². The van der Waals surface area contributed by atoms with Crippen molar-refractivity contribution in [2.45, 2.75) is 38.7 Å². The van der Waals surface area contributed by atoms with Gasteiger partial charge in [-0.05, 0) is 54.7 Å². The molecule has 2 saturated carbocycles. The second-order valence-electron chi connectivity index (χ2n) is 6.90. The summed E-state index contributed by atoms with van der Waals surface area (Å²) < 4.78 is 16.5. The topological polar surface area (TPSA) is 44.8 Å². The van der Waals surface area contributed by atoms with Crippen LogP contribution in [0.25, 0.3) is 0 Å². The van der Waals surface area contributed by atoms with Crippen LogP contribution < -0.4 is 9.47 Å². The molecule has 4 nitrogen and oxygen atoms in total. The summed E-state index contributed by atoms with van der Waals surface area (Å²) in [6.07, 6.45) is 5.72. The van der Waals surface area contributed by atoms with Crippen LogP contribution in [0.15, 0.2) is 12.1 Å². The Labute approximate surface area is 141 Å². The molecule has 0 spiro atoms. The molecule has 0 aromatic heterocycles. The van der Waals surface area contributed by atoms with Crippen LogP contribution in [0.4, 0.5) is 0 Å². The highest BCUT2D eigenvalue weighted by molar-refractivity contribution is 6.32. The minimum atomic E-state index is -0.103. The van der Waals surface area contributed by atoms with Crippen LogP contribution in [-0.4, -0.2) is 19.2 Å². The number of hydrogen-bond donors (Lipinski definition) is 0. The van der Waals surface area contributed by atoms with Crippen LogP contribution in [0.1, 0.15) is 37.7 Å². The maximum atomic E-state index is 12.1. The zero-order valence-corrected chi connectivity index (χ0v) is 13.8. The molecule has 0 radical (unpaired) electrons. The van der Waals surface area contributed by atoms with E-state index >= 15 is 0 Å². The highest BCUT2D eigenvalue weighted by Crippen LogP contribution is 2.49. The molecule has 0 N–H and O–H groups in total. The Hall–Kier alpha value is -1.42. The predicted molar refractivity (Wildman–Crippen MR) is 85.8 cm³/mol. The van der Waals surface area contributed by atoms with Crippen LogP contribution in [0.5, 0.6) is 11.5 Å². The summed E-state index contributed by atoms with van der Waals surface area (Å²) in [5.41, 5.74) is 0.834. The monoisotopic (exact) mass is 336 g/mol. The quantitative estimate of drug-likeness (QED) is 0.780. The SMILES string of the molecule is O=C(C[C@@H]1C[C@H]2CC[C@@H]1C2)OCc1cc(Cl)c2c(c1)OCCO2. The molecule has 0 amide bonds. The Kier molecular flexibility index (Phi) is 4.10. The first-order valence-corrected chi connectivity index (χ1v) is 8.80. The first kappa shape index (κ1) is 15.1. The molecule has 5 heteroatoms.